The third-order valence-corrected chi connectivity index (χ3v) is 3.66. The molecule has 7 nitrogen and oxygen atoms in total. The quantitative estimate of drug-likeness (QED) is 0.822. The summed E-state index contributed by atoms with van der Waals surface area (Å²) in [4.78, 5) is 23.8. The Balaban J connectivity index is 1.43. The summed E-state index contributed by atoms with van der Waals surface area (Å²) in [7, 11) is 0. The summed E-state index contributed by atoms with van der Waals surface area (Å²) in [6.45, 7) is 0.131. The number of fused-ring (bicyclic) bond motifs is 1. The van der Waals surface area contributed by atoms with E-state index in [-0.39, 0.29) is 18.2 Å². The first-order valence-corrected chi connectivity index (χ1v) is 7.98. The van der Waals surface area contributed by atoms with E-state index in [1.165, 1.54) is 12.1 Å². The fourth-order valence-corrected chi connectivity index (χ4v) is 2.37. The molecule has 0 radical (unpaired) electrons. The fourth-order valence-electron chi connectivity index (χ4n) is 2.37. The first-order valence-electron chi connectivity index (χ1n) is 7.98. The van der Waals surface area contributed by atoms with Crippen molar-refractivity contribution < 1.29 is 23.8 Å². The second-order valence-corrected chi connectivity index (χ2v) is 5.57. The normalized spacial score (nSPS) is 14.8. The molecular weight excluding hydrogens is 336 g/mol. The van der Waals surface area contributed by atoms with Crippen molar-refractivity contribution in [3.8, 4) is 17.6 Å². The largest absolute Gasteiger partial charge is 0.486 e. The van der Waals surface area contributed by atoms with Crippen LogP contribution in [0.4, 0.5) is 0 Å². The molecule has 0 saturated carbocycles. The number of hydrogen-bond donors (Lipinski definition) is 1. The van der Waals surface area contributed by atoms with Crippen molar-refractivity contribution in [3.05, 3.63) is 59.7 Å². The minimum absolute atomic E-state index is 0.220. The van der Waals surface area contributed by atoms with Crippen LogP contribution in [-0.4, -0.2) is 37.7 Å². The monoisotopic (exact) mass is 352 g/mol. The molecule has 0 unspecified atom stereocenters. The smallest absolute Gasteiger partial charge is 0.338 e. The summed E-state index contributed by atoms with van der Waals surface area (Å²) in [5.74, 6) is 0.186. The zero-order chi connectivity index (χ0) is 18.4. The Morgan fingerprint density at radius 2 is 2.00 bits per heavy atom. The highest BCUT2D eigenvalue weighted by Gasteiger charge is 2.21. The Bertz CT molecular complexity index is 859. The van der Waals surface area contributed by atoms with Gasteiger partial charge in [-0.05, 0) is 30.3 Å². The Kier molecular flexibility index (Phi) is 5.34. The van der Waals surface area contributed by atoms with E-state index in [0.717, 1.165) is 0 Å². The third kappa shape index (κ3) is 4.30. The summed E-state index contributed by atoms with van der Waals surface area (Å²) in [5.41, 5.74) is 0.566. The van der Waals surface area contributed by atoms with Gasteiger partial charge in [0.05, 0.1) is 23.7 Å². The molecule has 0 aromatic heterocycles. The van der Waals surface area contributed by atoms with Crippen molar-refractivity contribution in [1.29, 1.82) is 5.26 Å². The number of nitriles is 1. The van der Waals surface area contributed by atoms with Crippen molar-refractivity contribution in [2.75, 3.05) is 19.8 Å². The summed E-state index contributed by atoms with van der Waals surface area (Å²) in [6, 6.07) is 15.3. The van der Waals surface area contributed by atoms with E-state index in [2.05, 4.69) is 5.32 Å². The van der Waals surface area contributed by atoms with Crippen molar-refractivity contribution >= 4 is 11.9 Å². The van der Waals surface area contributed by atoms with Gasteiger partial charge in [-0.3, -0.25) is 4.79 Å². The highest BCUT2D eigenvalue weighted by molar-refractivity contribution is 5.91. The summed E-state index contributed by atoms with van der Waals surface area (Å²) >= 11 is 0. The van der Waals surface area contributed by atoms with Gasteiger partial charge in [0.25, 0.3) is 5.91 Å². The van der Waals surface area contributed by atoms with Gasteiger partial charge in [-0.25, -0.2) is 4.79 Å². The molecule has 0 fully saturated rings. The number of nitrogens with one attached hydrogen (secondary N) is 1. The van der Waals surface area contributed by atoms with Gasteiger partial charge in [-0.15, -0.1) is 0 Å². The molecule has 1 amide bonds. The molecule has 3 rings (SSSR count). The summed E-state index contributed by atoms with van der Waals surface area (Å²) in [6.07, 6.45) is -0.322. The van der Waals surface area contributed by atoms with Crippen LogP contribution in [0, 0.1) is 11.3 Å². The number of hydrogen-bond acceptors (Lipinski definition) is 6. The molecule has 7 heteroatoms. The van der Waals surface area contributed by atoms with Crippen LogP contribution < -0.4 is 14.8 Å². The number of ether oxygens (including phenoxy) is 3. The van der Waals surface area contributed by atoms with Gasteiger partial charge in [0.2, 0.25) is 0 Å². The van der Waals surface area contributed by atoms with E-state index in [9.17, 15) is 9.59 Å². The minimum Gasteiger partial charge on any atom is -0.486 e. The van der Waals surface area contributed by atoms with Crippen LogP contribution >= 0.6 is 0 Å². The van der Waals surface area contributed by atoms with Gasteiger partial charge in [-0.1, -0.05) is 18.2 Å². The topological polar surface area (TPSA) is 97.7 Å². The molecule has 2 aromatic rings. The molecule has 0 bridgehead atoms. The summed E-state index contributed by atoms with van der Waals surface area (Å²) < 4.78 is 16.2. The van der Waals surface area contributed by atoms with E-state index in [1.807, 2.05) is 24.3 Å². The van der Waals surface area contributed by atoms with Crippen molar-refractivity contribution in [1.82, 2.24) is 5.32 Å². The molecule has 1 aliphatic heterocycles. The lowest BCUT2D eigenvalue weighted by Gasteiger charge is -2.26. The Hall–Kier alpha value is -3.53. The van der Waals surface area contributed by atoms with E-state index in [4.69, 9.17) is 19.5 Å². The van der Waals surface area contributed by atoms with E-state index >= 15 is 0 Å². The van der Waals surface area contributed by atoms with Crippen LogP contribution in [0.5, 0.6) is 11.5 Å². The third-order valence-electron chi connectivity index (χ3n) is 3.66. The van der Waals surface area contributed by atoms with Gasteiger partial charge in [0, 0.05) is 0 Å². The van der Waals surface area contributed by atoms with Crippen LogP contribution in [0.25, 0.3) is 0 Å². The Morgan fingerprint density at radius 3 is 2.81 bits per heavy atom. The average molecular weight is 352 g/mol. The molecule has 26 heavy (non-hydrogen) atoms. The lowest BCUT2D eigenvalue weighted by atomic mass is 10.1. The van der Waals surface area contributed by atoms with Gasteiger partial charge in [0.15, 0.2) is 18.1 Å². The SMILES string of the molecule is N#Cc1cccc(C(=O)OCC(=O)NC[C@@H]2COc3ccccc3O2)c1. The number of amides is 1. The molecule has 0 aliphatic carbocycles. The highest BCUT2D eigenvalue weighted by Crippen LogP contribution is 2.30. The molecular formula is C19H16N2O5. The van der Waals surface area contributed by atoms with Crippen LogP contribution in [0.3, 0.4) is 0 Å². The van der Waals surface area contributed by atoms with Crippen molar-refractivity contribution in [2.24, 2.45) is 0 Å². The number of carbonyl (C=O) groups is 2. The van der Waals surface area contributed by atoms with Gasteiger partial charge in [-0.2, -0.15) is 5.26 Å². The number of nitrogens with zero attached hydrogens (tertiary/aromatic N) is 1. The first-order chi connectivity index (χ1) is 12.7. The average Bonchev–Trinajstić information content (AvgIpc) is 2.70. The van der Waals surface area contributed by atoms with E-state index in [1.54, 1.807) is 18.2 Å². The molecule has 132 valence electrons. The van der Waals surface area contributed by atoms with Gasteiger partial charge >= 0.3 is 5.97 Å². The standard InChI is InChI=1S/C19H16N2O5/c20-9-13-4-3-5-14(8-13)19(23)25-12-18(22)21-10-15-11-24-16-6-1-2-7-17(16)26-15/h1-8,15H,10-12H2,(H,21,22)/t15-/m1/s1. The van der Waals surface area contributed by atoms with Crippen molar-refractivity contribution in [3.63, 3.8) is 0 Å². The fraction of sp³-hybridized carbons (Fsp3) is 0.211. The number of carbonyl (C=O) groups excluding carboxylic acids is 2. The number of para-hydroxylation sites is 2. The second kappa shape index (κ2) is 8.03. The molecule has 2 aromatic carbocycles. The Morgan fingerprint density at radius 1 is 1.19 bits per heavy atom. The predicted octanol–water partition coefficient (Wildman–Crippen LogP) is 1.67. The zero-order valence-corrected chi connectivity index (χ0v) is 13.8. The number of esters is 1. The minimum atomic E-state index is -0.663. The maximum Gasteiger partial charge on any atom is 0.338 e. The summed E-state index contributed by atoms with van der Waals surface area (Å²) in [5, 5.41) is 11.5. The molecule has 0 saturated heterocycles. The lowest BCUT2D eigenvalue weighted by Crippen LogP contribution is -2.42. The predicted molar refractivity (Wildman–Crippen MR) is 90.8 cm³/mol. The number of benzene rings is 2. The van der Waals surface area contributed by atoms with Crippen LogP contribution in [-0.2, 0) is 9.53 Å². The first kappa shape index (κ1) is 17.3. The lowest BCUT2D eigenvalue weighted by molar-refractivity contribution is -0.124. The Labute approximate surface area is 150 Å². The van der Waals surface area contributed by atoms with E-state index < -0.39 is 18.5 Å². The molecule has 1 heterocycles. The number of rotatable bonds is 5. The highest BCUT2D eigenvalue weighted by atomic mass is 16.6. The molecule has 1 aliphatic rings. The van der Waals surface area contributed by atoms with Crippen LogP contribution in [0.15, 0.2) is 48.5 Å². The van der Waals surface area contributed by atoms with Gasteiger partial charge in [0.1, 0.15) is 12.7 Å². The van der Waals surface area contributed by atoms with Crippen molar-refractivity contribution in [2.45, 2.75) is 6.10 Å². The van der Waals surface area contributed by atoms with Gasteiger partial charge < -0.3 is 19.5 Å². The van der Waals surface area contributed by atoms with Crippen LogP contribution in [0.2, 0.25) is 0 Å². The second-order valence-electron chi connectivity index (χ2n) is 5.57. The maximum atomic E-state index is 11.9. The molecule has 1 atom stereocenters. The van der Waals surface area contributed by atoms with E-state index in [0.29, 0.717) is 23.7 Å². The maximum absolute atomic E-state index is 11.9. The van der Waals surface area contributed by atoms with Crippen LogP contribution in [0.1, 0.15) is 15.9 Å². The zero-order valence-electron chi connectivity index (χ0n) is 13.8. The molecule has 0 spiro atoms. The molecule has 1 N–H and O–H groups in total.